The Hall–Kier alpha value is -2.03. The van der Waals surface area contributed by atoms with Gasteiger partial charge in [-0.3, -0.25) is 9.59 Å². The van der Waals surface area contributed by atoms with E-state index in [0.717, 1.165) is 6.20 Å². The number of nitrogens with one attached hydrogen (secondary N) is 1. The SMILES string of the molecule is CC(=O)N1CCOC(CNC(=O)c2ccn(C(F)F)n2)C1. The van der Waals surface area contributed by atoms with E-state index < -0.39 is 12.5 Å². The number of ether oxygens (including phenoxy) is 1. The number of morpholine rings is 1. The van der Waals surface area contributed by atoms with E-state index >= 15 is 0 Å². The second-order valence-corrected chi connectivity index (χ2v) is 4.63. The van der Waals surface area contributed by atoms with Gasteiger partial charge in [-0.1, -0.05) is 0 Å². The van der Waals surface area contributed by atoms with Crippen molar-refractivity contribution in [3.8, 4) is 0 Å². The molecule has 0 aliphatic carbocycles. The number of aromatic nitrogens is 2. The number of halogens is 2. The molecule has 1 saturated heterocycles. The lowest BCUT2D eigenvalue weighted by Crippen LogP contribution is -2.49. The third-order valence-electron chi connectivity index (χ3n) is 3.12. The van der Waals surface area contributed by atoms with Crippen LogP contribution in [0.4, 0.5) is 8.78 Å². The predicted molar refractivity (Wildman–Crippen MR) is 67.8 cm³/mol. The Balaban J connectivity index is 1.84. The van der Waals surface area contributed by atoms with Crippen molar-refractivity contribution in [2.45, 2.75) is 19.6 Å². The van der Waals surface area contributed by atoms with Gasteiger partial charge >= 0.3 is 6.55 Å². The van der Waals surface area contributed by atoms with Crippen LogP contribution in [0.15, 0.2) is 12.3 Å². The van der Waals surface area contributed by atoms with Crippen LogP contribution in [0, 0.1) is 0 Å². The monoisotopic (exact) mass is 302 g/mol. The zero-order valence-corrected chi connectivity index (χ0v) is 11.5. The minimum absolute atomic E-state index is 0.0506. The fourth-order valence-electron chi connectivity index (χ4n) is 1.99. The summed E-state index contributed by atoms with van der Waals surface area (Å²) in [5.74, 6) is -0.608. The van der Waals surface area contributed by atoms with Crippen LogP contribution in [-0.4, -0.2) is 58.8 Å². The van der Waals surface area contributed by atoms with Crippen LogP contribution in [0.5, 0.6) is 0 Å². The molecule has 1 aliphatic heterocycles. The van der Waals surface area contributed by atoms with Crippen molar-refractivity contribution in [3.05, 3.63) is 18.0 Å². The van der Waals surface area contributed by atoms with Crippen molar-refractivity contribution in [2.75, 3.05) is 26.2 Å². The van der Waals surface area contributed by atoms with E-state index in [1.54, 1.807) is 4.90 Å². The zero-order valence-electron chi connectivity index (χ0n) is 11.5. The zero-order chi connectivity index (χ0) is 15.4. The van der Waals surface area contributed by atoms with Crippen LogP contribution in [0.25, 0.3) is 0 Å². The molecule has 0 radical (unpaired) electrons. The summed E-state index contributed by atoms with van der Waals surface area (Å²) >= 11 is 0. The van der Waals surface area contributed by atoms with Gasteiger partial charge in [0.15, 0.2) is 0 Å². The van der Waals surface area contributed by atoms with Gasteiger partial charge in [-0.2, -0.15) is 13.9 Å². The molecule has 1 unspecified atom stereocenters. The second-order valence-electron chi connectivity index (χ2n) is 4.63. The van der Waals surface area contributed by atoms with E-state index in [4.69, 9.17) is 4.74 Å². The summed E-state index contributed by atoms with van der Waals surface area (Å²) in [6, 6.07) is 1.21. The molecule has 1 aromatic heterocycles. The number of alkyl halides is 2. The van der Waals surface area contributed by atoms with E-state index in [9.17, 15) is 18.4 Å². The van der Waals surface area contributed by atoms with Gasteiger partial charge in [0.2, 0.25) is 5.91 Å². The summed E-state index contributed by atoms with van der Waals surface area (Å²) < 4.78 is 30.5. The lowest BCUT2D eigenvalue weighted by atomic mass is 10.2. The lowest BCUT2D eigenvalue weighted by Gasteiger charge is -2.32. The highest BCUT2D eigenvalue weighted by Crippen LogP contribution is 2.09. The molecule has 0 aromatic carbocycles. The third-order valence-corrected chi connectivity index (χ3v) is 3.12. The normalized spacial score (nSPS) is 18.9. The topological polar surface area (TPSA) is 76.5 Å². The first-order valence-corrected chi connectivity index (χ1v) is 6.46. The lowest BCUT2D eigenvalue weighted by molar-refractivity contribution is -0.136. The molecule has 0 spiro atoms. The molecule has 0 saturated carbocycles. The first kappa shape index (κ1) is 15.4. The second kappa shape index (κ2) is 6.61. The van der Waals surface area contributed by atoms with Gasteiger partial charge in [0, 0.05) is 32.8 Å². The van der Waals surface area contributed by atoms with Crippen LogP contribution in [-0.2, 0) is 9.53 Å². The molecule has 1 aromatic rings. The molecule has 2 heterocycles. The Morgan fingerprint density at radius 2 is 2.33 bits per heavy atom. The molecular formula is C12H16F2N4O3. The van der Waals surface area contributed by atoms with Crippen LogP contribution in [0.1, 0.15) is 24.0 Å². The molecule has 1 N–H and O–H groups in total. The molecule has 0 bridgehead atoms. The predicted octanol–water partition coefficient (Wildman–Crippen LogP) is 0.255. The summed E-state index contributed by atoms with van der Waals surface area (Å²) in [5.41, 5.74) is -0.0884. The van der Waals surface area contributed by atoms with Gasteiger partial charge in [0.05, 0.1) is 12.7 Å². The summed E-state index contributed by atoms with van der Waals surface area (Å²) in [4.78, 5) is 24.7. The van der Waals surface area contributed by atoms with Crippen molar-refractivity contribution < 1.29 is 23.1 Å². The molecule has 116 valence electrons. The average Bonchev–Trinajstić information content (AvgIpc) is 2.95. The van der Waals surface area contributed by atoms with Crippen molar-refractivity contribution in [3.63, 3.8) is 0 Å². The number of carbonyl (C=O) groups is 2. The molecule has 1 aliphatic rings. The Morgan fingerprint density at radius 1 is 1.57 bits per heavy atom. The maximum Gasteiger partial charge on any atom is 0.333 e. The summed E-state index contributed by atoms with van der Waals surface area (Å²) in [6.07, 6.45) is 0.720. The van der Waals surface area contributed by atoms with E-state index in [1.165, 1.54) is 13.0 Å². The number of amides is 2. The molecule has 7 nitrogen and oxygen atoms in total. The van der Waals surface area contributed by atoms with Gasteiger partial charge in [-0.25, -0.2) is 4.68 Å². The maximum atomic E-state index is 12.4. The fraction of sp³-hybridized carbons (Fsp3) is 0.583. The molecule has 9 heteroatoms. The number of rotatable bonds is 4. The molecule has 2 amide bonds. The molecular weight excluding hydrogens is 286 g/mol. The number of hydrogen-bond acceptors (Lipinski definition) is 4. The van der Waals surface area contributed by atoms with Crippen LogP contribution >= 0.6 is 0 Å². The van der Waals surface area contributed by atoms with E-state index in [1.807, 2.05) is 0 Å². The first-order valence-electron chi connectivity index (χ1n) is 6.46. The van der Waals surface area contributed by atoms with Crippen LogP contribution in [0.2, 0.25) is 0 Å². The van der Waals surface area contributed by atoms with Crippen molar-refractivity contribution in [1.29, 1.82) is 0 Å². The van der Waals surface area contributed by atoms with Gasteiger partial charge in [0.1, 0.15) is 5.69 Å². The van der Waals surface area contributed by atoms with E-state index in [0.29, 0.717) is 24.4 Å². The van der Waals surface area contributed by atoms with Crippen LogP contribution in [0.3, 0.4) is 0 Å². The largest absolute Gasteiger partial charge is 0.373 e. The summed E-state index contributed by atoms with van der Waals surface area (Å²) in [7, 11) is 0. The molecule has 1 fully saturated rings. The van der Waals surface area contributed by atoms with Crippen LogP contribution < -0.4 is 5.32 Å². The van der Waals surface area contributed by atoms with Gasteiger partial charge < -0.3 is 15.0 Å². The maximum absolute atomic E-state index is 12.4. The van der Waals surface area contributed by atoms with Gasteiger partial charge in [-0.15, -0.1) is 0 Å². The third kappa shape index (κ3) is 3.97. The summed E-state index contributed by atoms with van der Waals surface area (Å²) in [6.45, 7) is 0.194. The number of carbonyl (C=O) groups excluding carboxylic acids is 2. The van der Waals surface area contributed by atoms with Gasteiger partial charge in [-0.05, 0) is 6.07 Å². The van der Waals surface area contributed by atoms with Gasteiger partial charge in [0.25, 0.3) is 5.91 Å². The summed E-state index contributed by atoms with van der Waals surface area (Å²) in [5, 5.41) is 6.02. The van der Waals surface area contributed by atoms with Crippen molar-refractivity contribution in [2.24, 2.45) is 0 Å². The van der Waals surface area contributed by atoms with E-state index in [2.05, 4.69) is 10.4 Å². The quantitative estimate of drug-likeness (QED) is 0.865. The Kier molecular flexibility index (Phi) is 4.84. The molecule has 2 rings (SSSR count). The highest BCUT2D eigenvalue weighted by Gasteiger charge is 2.23. The Labute approximate surface area is 119 Å². The van der Waals surface area contributed by atoms with Crippen molar-refractivity contribution >= 4 is 11.8 Å². The smallest absolute Gasteiger partial charge is 0.333 e. The minimum atomic E-state index is -2.78. The minimum Gasteiger partial charge on any atom is -0.373 e. The first-order chi connectivity index (χ1) is 9.97. The molecule has 21 heavy (non-hydrogen) atoms. The Morgan fingerprint density at radius 3 is 2.95 bits per heavy atom. The Bertz CT molecular complexity index is 520. The standard InChI is InChI=1S/C12H16F2N4O3/c1-8(19)17-4-5-21-9(7-17)6-15-11(20)10-2-3-18(16-10)12(13)14/h2-3,9,12H,4-7H2,1H3,(H,15,20). The van der Waals surface area contributed by atoms with E-state index in [-0.39, 0.29) is 24.2 Å². The molecule has 1 atom stereocenters. The number of hydrogen-bond donors (Lipinski definition) is 1. The van der Waals surface area contributed by atoms with Crippen molar-refractivity contribution in [1.82, 2.24) is 20.0 Å². The highest BCUT2D eigenvalue weighted by molar-refractivity contribution is 5.92. The number of nitrogens with zero attached hydrogens (tertiary/aromatic N) is 3. The average molecular weight is 302 g/mol. The highest BCUT2D eigenvalue weighted by atomic mass is 19.3. The fourth-order valence-corrected chi connectivity index (χ4v) is 1.99.